The van der Waals surface area contributed by atoms with Crippen LogP contribution < -0.4 is 4.74 Å². The highest BCUT2D eigenvalue weighted by atomic mass is 16.5. The average molecular weight is 281 g/mol. The molecule has 1 N–H and O–H groups in total. The Bertz CT molecular complexity index is 636. The molecule has 0 bridgehead atoms. The standard InChI is InChI=1S/C18H19NO2/c1-14(2)17-7-5-15(6-8-17)13-21-18-10-16(4-3-9-20)11-19-12-18/h5-8,10-12,14,20H,9,13H2,1-2H3. The van der Waals surface area contributed by atoms with Gasteiger partial charge in [-0.3, -0.25) is 4.98 Å². The summed E-state index contributed by atoms with van der Waals surface area (Å²) in [7, 11) is 0. The Morgan fingerprint density at radius 1 is 1.19 bits per heavy atom. The van der Waals surface area contributed by atoms with Crippen molar-refractivity contribution in [3.05, 3.63) is 59.4 Å². The van der Waals surface area contributed by atoms with Crippen LogP contribution in [0.25, 0.3) is 0 Å². The first-order valence-electron chi connectivity index (χ1n) is 6.95. The minimum atomic E-state index is -0.159. The predicted molar refractivity (Wildman–Crippen MR) is 83.1 cm³/mol. The Kier molecular flexibility index (Phi) is 5.36. The zero-order valence-corrected chi connectivity index (χ0v) is 12.3. The molecule has 0 spiro atoms. The Balaban J connectivity index is 1.99. The first-order valence-corrected chi connectivity index (χ1v) is 6.95. The number of pyridine rings is 1. The van der Waals surface area contributed by atoms with Gasteiger partial charge in [-0.25, -0.2) is 0 Å². The summed E-state index contributed by atoms with van der Waals surface area (Å²) in [6.07, 6.45) is 3.31. The van der Waals surface area contributed by atoms with Crippen molar-refractivity contribution in [1.82, 2.24) is 4.98 Å². The third-order valence-electron chi connectivity index (χ3n) is 3.08. The Hall–Kier alpha value is -2.31. The molecule has 0 atom stereocenters. The number of ether oxygens (including phenoxy) is 1. The molecule has 0 saturated carbocycles. The van der Waals surface area contributed by atoms with E-state index in [-0.39, 0.29) is 6.61 Å². The SMILES string of the molecule is CC(C)c1ccc(COc2cncc(C#CCO)c2)cc1. The largest absolute Gasteiger partial charge is 0.487 e. The van der Waals surface area contributed by atoms with Gasteiger partial charge >= 0.3 is 0 Å². The van der Waals surface area contributed by atoms with Gasteiger partial charge in [-0.05, 0) is 23.1 Å². The summed E-state index contributed by atoms with van der Waals surface area (Å²) in [5, 5.41) is 8.68. The summed E-state index contributed by atoms with van der Waals surface area (Å²) >= 11 is 0. The summed E-state index contributed by atoms with van der Waals surface area (Å²) in [4.78, 5) is 4.08. The second-order valence-corrected chi connectivity index (χ2v) is 5.05. The van der Waals surface area contributed by atoms with E-state index in [2.05, 4.69) is 54.9 Å². The van der Waals surface area contributed by atoms with Gasteiger partial charge in [0.15, 0.2) is 0 Å². The van der Waals surface area contributed by atoms with E-state index in [1.807, 2.05) is 6.07 Å². The highest BCUT2D eigenvalue weighted by Gasteiger charge is 2.01. The molecule has 2 rings (SSSR count). The Morgan fingerprint density at radius 2 is 1.95 bits per heavy atom. The summed E-state index contributed by atoms with van der Waals surface area (Å²) in [5.41, 5.74) is 3.17. The van der Waals surface area contributed by atoms with Gasteiger partial charge in [0.1, 0.15) is 19.0 Å². The van der Waals surface area contributed by atoms with Crippen molar-refractivity contribution < 1.29 is 9.84 Å². The third kappa shape index (κ3) is 4.62. The number of aliphatic hydroxyl groups excluding tert-OH is 1. The van der Waals surface area contributed by atoms with Crippen molar-refractivity contribution in [2.45, 2.75) is 26.4 Å². The van der Waals surface area contributed by atoms with Gasteiger partial charge in [0.2, 0.25) is 0 Å². The molecule has 0 aliphatic heterocycles. The minimum absolute atomic E-state index is 0.159. The van der Waals surface area contributed by atoms with Gasteiger partial charge in [0.05, 0.1) is 6.20 Å². The van der Waals surface area contributed by atoms with Crippen molar-refractivity contribution >= 4 is 0 Å². The smallest absolute Gasteiger partial charge is 0.139 e. The molecule has 2 aromatic rings. The molecule has 0 amide bonds. The molecule has 1 aromatic carbocycles. The minimum Gasteiger partial charge on any atom is -0.487 e. The van der Waals surface area contributed by atoms with Gasteiger partial charge in [0.25, 0.3) is 0 Å². The molecule has 3 heteroatoms. The quantitative estimate of drug-likeness (QED) is 0.876. The van der Waals surface area contributed by atoms with Crippen LogP contribution in [0.4, 0.5) is 0 Å². The number of rotatable bonds is 4. The van der Waals surface area contributed by atoms with Gasteiger partial charge < -0.3 is 9.84 Å². The normalized spacial score (nSPS) is 10.1. The number of hydrogen-bond donors (Lipinski definition) is 1. The van der Waals surface area contributed by atoms with Crippen LogP contribution in [0.1, 0.15) is 36.5 Å². The lowest BCUT2D eigenvalue weighted by Crippen LogP contribution is -1.97. The van der Waals surface area contributed by atoms with Crippen LogP contribution in [0.3, 0.4) is 0 Å². The lowest BCUT2D eigenvalue weighted by molar-refractivity contribution is 0.305. The van der Waals surface area contributed by atoms with E-state index in [0.29, 0.717) is 18.3 Å². The predicted octanol–water partition coefficient (Wildman–Crippen LogP) is 3.13. The molecule has 0 aliphatic carbocycles. The summed E-state index contributed by atoms with van der Waals surface area (Å²) in [5.74, 6) is 6.61. The van der Waals surface area contributed by atoms with Crippen LogP contribution in [-0.4, -0.2) is 16.7 Å². The highest BCUT2D eigenvalue weighted by molar-refractivity contribution is 5.37. The van der Waals surface area contributed by atoms with Crippen LogP contribution in [0.2, 0.25) is 0 Å². The van der Waals surface area contributed by atoms with E-state index in [1.165, 1.54) is 5.56 Å². The fourth-order valence-electron chi connectivity index (χ4n) is 1.87. The molecule has 1 heterocycles. The number of aromatic nitrogens is 1. The van der Waals surface area contributed by atoms with E-state index in [1.54, 1.807) is 12.4 Å². The topological polar surface area (TPSA) is 42.4 Å². The lowest BCUT2D eigenvalue weighted by atomic mass is 10.0. The van der Waals surface area contributed by atoms with Gasteiger partial charge in [-0.2, -0.15) is 0 Å². The second-order valence-electron chi connectivity index (χ2n) is 5.05. The number of nitrogens with zero attached hydrogens (tertiary/aromatic N) is 1. The maximum Gasteiger partial charge on any atom is 0.139 e. The van der Waals surface area contributed by atoms with Crippen LogP contribution in [-0.2, 0) is 6.61 Å². The van der Waals surface area contributed by atoms with Gasteiger partial charge in [-0.1, -0.05) is 50.0 Å². The maximum absolute atomic E-state index is 8.68. The zero-order chi connectivity index (χ0) is 15.1. The van der Waals surface area contributed by atoms with Crippen molar-refractivity contribution in [3.63, 3.8) is 0 Å². The van der Waals surface area contributed by atoms with Crippen molar-refractivity contribution in [2.24, 2.45) is 0 Å². The summed E-state index contributed by atoms with van der Waals surface area (Å²) < 4.78 is 5.72. The van der Waals surface area contributed by atoms with Gasteiger partial charge in [-0.15, -0.1) is 0 Å². The first kappa shape index (κ1) is 15.1. The molecule has 0 aliphatic rings. The fraction of sp³-hybridized carbons (Fsp3) is 0.278. The van der Waals surface area contributed by atoms with Crippen LogP contribution in [0, 0.1) is 11.8 Å². The van der Waals surface area contributed by atoms with Crippen LogP contribution in [0.15, 0.2) is 42.7 Å². The number of benzene rings is 1. The Morgan fingerprint density at radius 3 is 2.62 bits per heavy atom. The fourth-order valence-corrected chi connectivity index (χ4v) is 1.87. The molecule has 1 aromatic heterocycles. The summed E-state index contributed by atoms with van der Waals surface area (Å²) in [6, 6.07) is 10.2. The second kappa shape index (κ2) is 7.47. The molecular formula is C18H19NO2. The Labute approximate surface area is 125 Å². The third-order valence-corrected chi connectivity index (χ3v) is 3.08. The lowest BCUT2D eigenvalue weighted by Gasteiger charge is -2.08. The van der Waals surface area contributed by atoms with Crippen molar-refractivity contribution in [1.29, 1.82) is 0 Å². The van der Waals surface area contributed by atoms with E-state index in [0.717, 1.165) is 11.1 Å². The monoisotopic (exact) mass is 281 g/mol. The van der Waals surface area contributed by atoms with E-state index >= 15 is 0 Å². The van der Waals surface area contributed by atoms with Crippen molar-refractivity contribution in [3.8, 4) is 17.6 Å². The maximum atomic E-state index is 8.68. The molecule has 0 fully saturated rings. The van der Waals surface area contributed by atoms with E-state index in [4.69, 9.17) is 9.84 Å². The molecule has 3 nitrogen and oxygen atoms in total. The average Bonchev–Trinajstić information content (AvgIpc) is 2.52. The molecule has 0 unspecified atom stereocenters. The van der Waals surface area contributed by atoms with E-state index < -0.39 is 0 Å². The highest BCUT2D eigenvalue weighted by Crippen LogP contribution is 2.17. The molecule has 0 radical (unpaired) electrons. The molecule has 108 valence electrons. The van der Waals surface area contributed by atoms with Crippen molar-refractivity contribution in [2.75, 3.05) is 6.61 Å². The molecule has 0 saturated heterocycles. The molecular weight excluding hydrogens is 262 g/mol. The molecule has 21 heavy (non-hydrogen) atoms. The van der Waals surface area contributed by atoms with Gasteiger partial charge in [0, 0.05) is 11.8 Å². The number of hydrogen-bond acceptors (Lipinski definition) is 3. The van der Waals surface area contributed by atoms with Crippen LogP contribution in [0.5, 0.6) is 5.75 Å². The van der Waals surface area contributed by atoms with E-state index in [9.17, 15) is 0 Å². The van der Waals surface area contributed by atoms with Crippen LogP contribution >= 0.6 is 0 Å². The summed E-state index contributed by atoms with van der Waals surface area (Å²) in [6.45, 7) is 4.69. The first-order chi connectivity index (χ1) is 10.2. The zero-order valence-electron chi connectivity index (χ0n) is 12.3. The number of aliphatic hydroxyl groups is 1.